The minimum atomic E-state index is -0.808. The van der Waals surface area contributed by atoms with E-state index >= 15 is 0 Å². The fraction of sp³-hybridized carbons (Fsp3) is 0.538. The van der Waals surface area contributed by atoms with Crippen LogP contribution in [-0.2, 0) is 17.3 Å². The van der Waals surface area contributed by atoms with Crippen molar-refractivity contribution in [2.45, 2.75) is 25.1 Å². The summed E-state index contributed by atoms with van der Waals surface area (Å²) in [5.74, 6) is 0.650. The molecule has 1 fully saturated rings. The average Bonchev–Trinajstić information content (AvgIpc) is 2.35. The minimum Gasteiger partial charge on any atom is -0.297 e. The first-order chi connectivity index (χ1) is 9.29. The SMILES string of the molecule is CC1(C)CN(Cc2ccc([N+](=O)[O-])cc2Cl)CC[S@@]1=O. The molecule has 0 aromatic heterocycles. The Bertz CT molecular complexity index is 563. The van der Waals surface area contributed by atoms with Gasteiger partial charge in [0.15, 0.2) is 0 Å². The third-order valence-corrected chi connectivity index (χ3v) is 5.72. The lowest BCUT2D eigenvalue weighted by Gasteiger charge is -2.37. The highest BCUT2D eigenvalue weighted by Gasteiger charge is 2.33. The summed E-state index contributed by atoms with van der Waals surface area (Å²) >= 11 is 6.10. The van der Waals surface area contributed by atoms with Gasteiger partial charge in [0.1, 0.15) is 0 Å². The van der Waals surface area contributed by atoms with Gasteiger partial charge >= 0.3 is 0 Å². The van der Waals surface area contributed by atoms with Crippen LogP contribution in [-0.4, -0.2) is 37.6 Å². The van der Waals surface area contributed by atoms with Crippen molar-refractivity contribution in [3.8, 4) is 0 Å². The first-order valence-electron chi connectivity index (χ1n) is 6.33. The van der Waals surface area contributed by atoms with Crippen molar-refractivity contribution in [3.63, 3.8) is 0 Å². The lowest BCUT2D eigenvalue weighted by molar-refractivity contribution is -0.384. The van der Waals surface area contributed by atoms with Crippen LogP contribution in [0.15, 0.2) is 18.2 Å². The van der Waals surface area contributed by atoms with E-state index in [1.807, 2.05) is 13.8 Å². The molecule has 5 nitrogen and oxygen atoms in total. The van der Waals surface area contributed by atoms with E-state index in [1.165, 1.54) is 12.1 Å². The van der Waals surface area contributed by atoms with Gasteiger partial charge in [0.05, 0.1) is 14.7 Å². The topological polar surface area (TPSA) is 63.4 Å². The Labute approximate surface area is 125 Å². The molecule has 1 heterocycles. The highest BCUT2D eigenvalue weighted by atomic mass is 35.5. The molecular formula is C13H17ClN2O3S. The molecule has 1 atom stereocenters. The van der Waals surface area contributed by atoms with Crippen LogP contribution in [0.2, 0.25) is 5.02 Å². The van der Waals surface area contributed by atoms with Gasteiger partial charge in [-0.3, -0.25) is 19.2 Å². The Hall–Kier alpha value is -0.980. The predicted octanol–water partition coefficient (Wildman–Crippen LogP) is 2.59. The summed E-state index contributed by atoms with van der Waals surface area (Å²) in [4.78, 5) is 12.4. The predicted molar refractivity (Wildman–Crippen MR) is 80.5 cm³/mol. The number of hydrogen-bond acceptors (Lipinski definition) is 4. The first kappa shape index (κ1) is 15.4. The van der Waals surface area contributed by atoms with Crippen LogP contribution in [0.25, 0.3) is 0 Å². The maximum atomic E-state index is 11.9. The molecule has 0 amide bonds. The van der Waals surface area contributed by atoms with Crippen molar-refractivity contribution in [2.75, 3.05) is 18.8 Å². The number of nitro groups is 1. The first-order valence-corrected chi connectivity index (χ1v) is 8.03. The normalized spacial score (nSPS) is 22.6. The van der Waals surface area contributed by atoms with Gasteiger partial charge in [0.2, 0.25) is 0 Å². The molecular weight excluding hydrogens is 300 g/mol. The Balaban J connectivity index is 2.11. The fourth-order valence-corrected chi connectivity index (χ4v) is 3.87. The van der Waals surface area contributed by atoms with E-state index in [2.05, 4.69) is 4.90 Å². The molecule has 1 aliphatic heterocycles. The Morgan fingerprint density at radius 3 is 2.75 bits per heavy atom. The second kappa shape index (κ2) is 5.79. The molecule has 0 saturated carbocycles. The quantitative estimate of drug-likeness (QED) is 0.635. The molecule has 0 spiro atoms. The largest absolute Gasteiger partial charge is 0.297 e. The van der Waals surface area contributed by atoms with Crippen molar-refractivity contribution in [3.05, 3.63) is 38.9 Å². The van der Waals surface area contributed by atoms with Gasteiger partial charge in [0.25, 0.3) is 5.69 Å². The molecule has 110 valence electrons. The van der Waals surface area contributed by atoms with Crippen LogP contribution in [0.1, 0.15) is 19.4 Å². The van der Waals surface area contributed by atoms with Crippen molar-refractivity contribution >= 4 is 28.1 Å². The number of rotatable bonds is 3. The van der Waals surface area contributed by atoms with Crippen molar-refractivity contribution in [1.82, 2.24) is 4.90 Å². The number of non-ortho nitro benzene ring substituents is 1. The highest BCUT2D eigenvalue weighted by molar-refractivity contribution is 7.86. The van der Waals surface area contributed by atoms with E-state index < -0.39 is 15.7 Å². The van der Waals surface area contributed by atoms with Gasteiger partial charge in [-0.2, -0.15) is 0 Å². The summed E-state index contributed by atoms with van der Waals surface area (Å²) in [5, 5.41) is 11.1. The zero-order valence-electron chi connectivity index (χ0n) is 11.5. The van der Waals surface area contributed by atoms with E-state index in [4.69, 9.17) is 11.6 Å². The zero-order chi connectivity index (χ0) is 14.9. The summed E-state index contributed by atoms with van der Waals surface area (Å²) in [6.45, 7) is 6.09. The molecule has 0 N–H and O–H groups in total. The van der Waals surface area contributed by atoms with E-state index in [1.54, 1.807) is 6.07 Å². The van der Waals surface area contributed by atoms with Crippen LogP contribution < -0.4 is 0 Å². The van der Waals surface area contributed by atoms with Crippen LogP contribution >= 0.6 is 11.6 Å². The van der Waals surface area contributed by atoms with Gasteiger partial charge < -0.3 is 0 Å². The zero-order valence-corrected chi connectivity index (χ0v) is 13.0. The molecule has 0 aliphatic carbocycles. The molecule has 1 saturated heterocycles. The molecule has 1 aromatic carbocycles. The van der Waals surface area contributed by atoms with Gasteiger partial charge in [-0.25, -0.2) is 0 Å². The van der Waals surface area contributed by atoms with Crippen molar-refractivity contribution < 1.29 is 9.13 Å². The molecule has 0 radical (unpaired) electrons. The summed E-state index contributed by atoms with van der Waals surface area (Å²) < 4.78 is 11.7. The molecule has 0 bridgehead atoms. The van der Waals surface area contributed by atoms with Crippen LogP contribution in [0.5, 0.6) is 0 Å². The van der Waals surface area contributed by atoms with E-state index in [-0.39, 0.29) is 10.4 Å². The van der Waals surface area contributed by atoms with Gasteiger partial charge in [-0.05, 0) is 25.5 Å². The summed E-state index contributed by atoms with van der Waals surface area (Å²) in [6.07, 6.45) is 0. The lowest BCUT2D eigenvalue weighted by Crippen LogP contribution is -2.49. The van der Waals surface area contributed by atoms with Crippen LogP contribution in [0.4, 0.5) is 5.69 Å². The van der Waals surface area contributed by atoms with Gasteiger partial charge in [0, 0.05) is 48.3 Å². The third kappa shape index (κ3) is 3.37. The Morgan fingerprint density at radius 1 is 1.50 bits per heavy atom. The lowest BCUT2D eigenvalue weighted by atomic mass is 10.1. The van der Waals surface area contributed by atoms with Gasteiger partial charge in [-0.1, -0.05) is 11.6 Å². The van der Waals surface area contributed by atoms with Crippen molar-refractivity contribution in [2.24, 2.45) is 0 Å². The summed E-state index contributed by atoms with van der Waals surface area (Å²) in [7, 11) is -0.808. The molecule has 20 heavy (non-hydrogen) atoms. The monoisotopic (exact) mass is 316 g/mol. The second-order valence-corrected chi connectivity index (χ2v) is 8.16. The average molecular weight is 317 g/mol. The number of halogens is 1. The molecule has 2 rings (SSSR count). The molecule has 7 heteroatoms. The maximum absolute atomic E-state index is 11.9. The number of hydrogen-bond donors (Lipinski definition) is 0. The van der Waals surface area contributed by atoms with Gasteiger partial charge in [-0.15, -0.1) is 0 Å². The third-order valence-electron chi connectivity index (χ3n) is 3.46. The number of benzene rings is 1. The van der Waals surface area contributed by atoms with E-state index in [0.29, 0.717) is 17.3 Å². The van der Waals surface area contributed by atoms with E-state index in [9.17, 15) is 14.3 Å². The smallest absolute Gasteiger partial charge is 0.270 e. The summed E-state index contributed by atoms with van der Waals surface area (Å²) in [5.41, 5.74) is 0.861. The van der Waals surface area contributed by atoms with Crippen molar-refractivity contribution in [1.29, 1.82) is 0 Å². The number of nitro benzene ring substituents is 1. The maximum Gasteiger partial charge on any atom is 0.270 e. The Kier molecular flexibility index (Phi) is 4.46. The highest BCUT2D eigenvalue weighted by Crippen LogP contribution is 2.26. The second-order valence-electron chi connectivity index (χ2n) is 5.55. The number of nitrogens with zero attached hydrogens (tertiary/aromatic N) is 2. The van der Waals surface area contributed by atoms with E-state index in [0.717, 1.165) is 18.7 Å². The standard InChI is InChI=1S/C13H17ClN2O3S/c1-13(2)9-15(5-6-20(13)19)8-10-3-4-11(16(17)18)7-12(10)14/h3-4,7H,5-6,8-9H2,1-2H3/t20-/m0/s1. The summed E-state index contributed by atoms with van der Waals surface area (Å²) in [6, 6.07) is 4.54. The van der Waals surface area contributed by atoms with Crippen LogP contribution in [0.3, 0.4) is 0 Å². The molecule has 1 aromatic rings. The molecule has 0 unspecified atom stereocenters. The fourth-order valence-electron chi connectivity index (χ4n) is 2.33. The van der Waals surface area contributed by atoms with Crippen LogP contribution in [0, 0.1) is 10.1 Å². The molecule has 1 aliphatic rings. The Morgan fingerprint density at radius 2 is 2.20 bits per heavy atom. The minimum absolute atomic E-state index is 0.00109.